The van der Waals surface area contributed by atoms with Crippen LogP contribution in [0.3, 0.4) is 0 Å². The molecule has 0 aromatic heterocycles. The van der Waals surface area contributed by atoms with Gasteiger partial charge in [-0.15, -0.1) is 0 Å². The van der Waals surface area contributed by atoms with Crippen molar-refractivity contribution < 1.29 is 5.11 Å². The molecule has 0 aliphatic heterocycles. The number of hydrogen-bond acceptors (Lipinski definition) is 2. The first-order chi connectivity index (χ1) is 9.02. The number of nitrogens with one attached hydrogen (secondary N) is 1. The minimum absolute atomic E-state index is 0.556. The molecular weight excluding hydrogens is 302 g/mol. The van der Waals surface area contributed by atoms with E-state index in [1.54, 1.807) is 0 Å². The van der Waals surface area contributed by atoms with Gasteiger partial charge in [0.15, 0.2) is 0 Å². The Bertz CT molecular complexity index is 413. The molecule has 1 aromatic carbocycles. The molecule has 1 aromatic rings. The molecule has 1 unspecified atom stereocenters. The van der Waals surface area contributed by atoms with Crippen LogP contribution in [0.15, 0.2) is 28.7 Å². The average Bonchev–Trinajstić information content (AvgIpc) is 2.29. The molecule has 2 rings (SSSR count). The van der Waals surface area contributed by atoms with Crippen LogP contribution in [0.1, 0.15) is 51.0 Å². The molecule has 1 saturated carbocycles. The number of rotatable bonds is 6. The highest BCUT2D eigenvalue weighted by Gasteiger charge is 2.32. The van der Waals surface area contributed by atoms with E-state index in [0.29, 0.717) is 18.5 Å². The van der Waals surface area contributed by atoms with Crippen LogP contribution in [-0.2, 0) is 0 Å². The van der Waals surface area contributed by atoms with Crippen molar-refractivity contribution in [3.8, 4) is 0 Å². The van der Waals surface area contributed by atoms with Gasteiger partial charge in [-0.1, -0.05) is 47.5 Å². The molecule has 0 spiro atoms. The van der Waals surface area contributed by atoms with Crippen molar-refractivity contribution in [1.82, 2.24) is 5.32 Å². The third-order valence-corrected chi connectivity index (χ3v) is 4.77. The van der Waals surface area contributed by atoms with Crippen LogP contribution in [0.4, 0.5) is 0 Å². The van der Waals surface area contributed by atoms with Gasteiger partial charge < -0.3 is 10.4 Å². The molecule has 0 amide bonds. The summed E-state index contributed by atoms with van der Waals surface area (Å²) in [6.45, 7) is 4.74. The molecule has 106 valence electrons. The Morgan fingerprint density at radius 2 is 2.05 bits per heavy atom. The maximum absolute atomic E-state index is 10.1. The van der Waals surface area contributed by atoms with Gasteiger partial charge in [0.25, 0.3) is 0 Å². The van der Waals surface area contributed by atoms with E-state index in [1.165, 1.54) is 22.9 Å². The lowest BCUT2D eigenvalue weighted by Gasteiger charge is -2.38. The first-order valence-corrected chi connectivity index (χ1v) is 8.01. The maximum atomic E-state index is 10.1. The quantitative estimate of drug-likeness (QED) is 0.833. The minimum atomic E-state index is -0.562. The van der Waals surface area contributed by atoms with Crippen molar-refractivity contribution in [2.45, 2.75) is 57.1 Å². The second-order valence-corrected chi connectivity index (χ2v) is 6.87. The fourth-order valence-electron chi connectivity index (χ4n) is 2.84. The molecule has 19 heavy (non-hydrogen) atoms. The molecule has 1 atom stereocenters. The van der Waals surface area contributed by atoms with Crippen molar-refractivity contribution in [1.29, 1.82) is 0 Å². The Hall–Kier alpha value is -0.380. The molecule has 0 saturated heterocycles. The highest BCUT2D eigenvalue weighted by atomic mass is 79.9. The molecule has 1 aliphatic carbocycles. The SMILES string of the molecule is CCCC(C)(O)CNC1CC(c2ccccc2Br)C1. The standard InChI is InChI=1S/C16H24BrNO/c1-3-8-16(2,19)11-18-13-9-12(10-13)14-6-4-5-7-15(14)17/h4-7,12-13,18-19H,3,8-11H2,1-2H3. The first kappa shape index (κ1) is 15.0. The van der Waals surface area contributed by atoms with E-state index in [9.17, 15) is 5.11 Å². The first-order valence-electron chi connectivity index (χ1n) is 7.22. The highest BCUT2D eigenvalue weighted by molar-refractivity contribution is 9.10. The van der Waals surface area contributed by atoms with Crippen LogP contribution >= 0.6 is 15.9 Å². The number of aliphatic hydroxyl groups is 1. The second kappa shape index (κ2) is 6.38. The molecule has 1 aliphatic rings. The zero-order valence-corrected chi connectivity index (χ0v) is 13.4. The van der Waals surface area contributed by atoms with Crippen molar-refractivity contribution >= 4 is 15.9 Å². The van der Waals surface area contributed by atoms with Gasteiger partial charge in [0.1, 0.15) is 0 Å². The number of hydrogen-bond donors (Lipinski definition) is 2. The molecular formula is C16H24BrNO. The predicted molar refractivity (Wildman–Crippen MR) is 83.4 cm³/mol. The molecule has 0 heterocycles. The summed E-state index contributed by atoms with van der Waals surface area (Å²) in [5, 5.41) is 13.6. The smallest absolute Gasteiger partial charge is 0.0743 e. The normalized spacial score (nSPS) is 25.7. The Kier molecular flexibility index (Phi) is 5.04. The largest absolute Gasteiger partial charge is 0.389 e. The molecule has 2 N–H and O–H groups in total. The van der Waals surface area contributed by atoms with Crippen molar-refractivity contribution in [2.75, 3.05) is 6.54 Å². The summed E-state index contributed by atoms with van der Waals surface area (Å²) in [6, 6.07) is 9.04. The fraction of sp³-hybridized carbons (Fsp3) is 0.625. The zero-order chi connectivity index (χ0) is 13.9. The highest BCUT2D eigenvalue weighted by Crippen LogP contribution is 2.40. The summed E-state index contributed by atoms with van der Waals surface area (Å²) in [7, 11) is 0. The summed E-state index contributed by atoms with van der Waals surface area (Å²) in [4.78, 5) is 0. The summed E-state index contributed by atoms with van der Waals surface area (Å²) >= 11 is 3.62. The van der Waals surface area contributed by atoms with Gasteiger partial charge in [0.2, 0.25) is 0 Å². The van der Waals surface area contributed by atoms with Crippen LogP contribution in [0.5, 0.6) is 0 Å². The van der Waals surface area contributed by atoms with Crippen molar-refractivity contribution in [3.63, 3.8) is 0 Å². The number of benzene rings is 1. The zero-order valence-electron chi connectivity index (χ0n) is 11.8. The maximum Gasteiger partial charge on any atom is 0.0743 e. The Morgan fingerprint density at radius 3 is 2.68 bits per heavy atom. The lowest BCUT2D eigenvalue weighted by Crippen LogP contribution is -2.47. The Morgan fingerprint density at radius 1 is 1.37 bits per heavy atom. The van der Waals surface area contributed by atoms with E-state index in [-0.39, 0.29) is 0 Å². The van der Waals surface area contributed by atoms with E-state index in [4.69, 9.17) is 0 Å². The van der Waals surface area contributed by atoms with Crippen LogP contribution in [-0.4, -0.2) is 23.3 Å². The summed E-state index contributed by atoms with van der Waals surface area (Å²) in [5.74, 6) is 0.657. The van der Waals surface area contributed by atoms with E-state index < -0.39 is 5.60 Å². The Balaban J connectivity index is 1.77. The van der Waals surface area contributed by atoms with Gasteiger partial charge in [0, 0.05) is 17.1 Å². The topological polar surface area (TPSA) is 32.3 Å². The molecule has 1 fully saturated rings. The van der Waals surface area contributed by atoms with Crippen LogP contribution in [0.25, 0.3) is 0 Å². The summed E-state index contributed by atoms with van der Waals surface area (Å²) < 4.78 is 1.22. The number of halogens is 1. The van der Waals surface area contributed by atoms with Gasteiger partial charge in [-0.25, -0.2) is 0 Å². The monoisotopic (exact) mass is 325 g/mol. The van der Waals surface area contributed by atoms with E-state index in [2.05, 4.69) is 52.4 Å². The summed E-state index contributed by atoms with van der Waals surface area (Å²) in [5.41, 5.74) is 0.855. The van der Waals surface area contributed by atoms with Gasteiger partial charge >= 0.3 is 0 Å². The molecule has 0 bridgehead atoms. The van der Waals surface area contributed by atoms with Gasteiger partial charge in [0.05, 0.1) is 5.60 Å². The average molecular weight is 326 g/mol. The van der Waals surface area contributed by atoms with Crippen LogP contribution in [0, 0.1) is 0 Å². The lowest BCUT2D eigenvalue weighted by atomic mass is 9.75. The third-order valence-electron chi connectivity index (χ3n) is 4.04. The second-order valence-electron chi connectivity index (χ2n) is 6.01. The van der Waals surface area contributed by atoms with Crippen LogP contribution < -0.4 is 5.32 Å². The fourth-order valence-corrected chi connectivity index (χ4v) is 3.44. The van der Waals surface area contributed by atoms with E-state index in [1.807, 2.05) is 6.92 Å². The summed E-state index contributed by atoms with van der Waals surface area (Å²) in [6.07, 6.45) is 4.23. The van der Waals surface area contributed by atoms with E-state index >= 15 is 0 Å². The third kappa shape index (κ3) is 4.04. The van der Waals surface area contributed by atoms with Crippen molar-refractivity contribution in [2.24, 2.45) is 0 Å². The van der Waals surface area contributed by atoms with Gasteiger partial charge in [-0.3, -0.25) is 0 Å². The Labute approximate surface area is 124 Å². The van der Waals surface area contributed by atoms with E-state index in [0.717, 1.165) is 12.8 Å². The van der Waals surface area contributed by atoms with Gasteiger partial charge in [-0.05, 0) is 43.7 Å². The van der Waals surface area contributed by atoms with Crippen molar-refractivity contribution in [3.05, 3.63) is 34.3 Å². The predicted octanol–water partition coefficient (Wildman–Crippen LogP) is 3.84. The molecule has 0 radical (unpaired) electrons. The van der Waals surface area contributed by atoms with Crippen LogP contribution in [0.2, 0.25) is 0 Å². The molecule has 2 nitrogen and oxygen atoms in total. The molecule has 3 heteroatoms. The lowest BCUT2D eigenvalue weighted by molar-refractivity contribution is 0.0428. The van der Waals surface area contributed by atoms with Gasteiger partial charge in [-0.2, -0.15) is 0 Å². The minimum Gasteiger partial charge on any atom is -0.389 e.